The molecule has 3 aromatic heterocycles. The van der Waals surface area contributed by atoms with Gasteiger partial charge in [0.25, 0.3) is 0 Å². The number of benzene rings is 1. The molecule has 52 heavy (non-hydrogen) atoms. The fourth-order valence-electron chi connectivity index (χ4n) is 6.82. The number of nitrogens with zero attached hydrogens (tertiary/aromatic N) is 3. The number of nitrogens with one attached hydrogen (secondary N) is 2. The lowest BCUT2D eigenvalue weighted by molar-refractivity contribution is 0.116. The van der Waals surface area contributed by atoms with E-state index in [9.17, 15) is 5.11 Å². The lowest BCUT2D eigenvalue weighted by atomic mass is 9.84. The number of aryl methyl sites for hydroxylation is 1. The van der Waals surface area contributed by atoms with Crippen molar-refractivity contribution in [2.24, 2.45) is 17.2 Å². The minimum absolute atomic E-state index is 0.0820. The molecule has 8 nitrogen and oxygen atoms in total. The van der Waals surface area contributed by atoms with Gasteiger partial charge in [-0.1, -0.05) is 44.7 Å². The van der Waals surface area contributed by atoms with Crippen molar-refractivity contribution in [1.82, 2.24) is 25.3 Å². The summed E-state index contributed by atoms with van der Waals surface area (Å²) < 4.78 is 8.15. The molecule has 0 amide bonds. The monoisotopic (exact) mass is 744 g/mol. The van der Waals surface area contributed by atoms with Gasteiger partial charge in [-0.3, -0.25) is 16.3 Å². The van der Waals surface area contributed by atoms with E-state index in [2.05, 4.69) is 91.7 Å². The Labute approximate surface area is 320 Å². The van der Waals surface area contributed by atoms with Gasteiger partial charge in [-0.05, 0) is 93.9 Å². The summed E-state index contributed by atoms with van der Waals surface area (Å²) in [5.74, 6) is 5.71. The molecule has 0 radical (unpaired) electrons. The highest BCUT2D eigenvalue weighted by Gasteiger charge is 2.29. The number of ether oxygens (including phenoxy) is 1. The van der Waals surface area contributed by atoms with E-state index < -0.39 is 0 Å². The van der Waals surface area contributed by atoms with Gasteiger partial charge in [0.1, 0.15) is 0 Å². The van der Waals surface area contributed by atoms with Crippen LogP contribution in [-0.4, -0.2) is 51.5 Å². The number of methoxy groups -OCH3 is 1. The molecule has 0 saturated heterocycles. The number of thioether (sulfide) groups is 1. The highest BCUT2D eigenvalue weighted by atomic mass is 32.2. The van der Waals surface area contributed by atoms with Crippen LogP contribution in [0.5, 0.6) is 0 Å². The number of aliphatic hydroxyl groups is 1. The molecule has 10 heteroatoms. The maximum Gasteiger partial charge on any atom is 0.0969 e. The molecule has 1 aromatic carbocycles. The molecule has 3 unspecified atom stereocenters. The van der Waals surface area contributed by atoms with Gasteiger partial charge in [0, 0.05) is 78.4 Å². The van der Waals surface area contributed by atoms with E-state index in [1.165, 1.54) is 16.5 Å². The first-order valence-electron chi connectivity index (χ1n) is 18.4. The smallest absolute Gasteiger partial charge is 0.0969 e. The fraction of sp³-hybridized carbons (Fsp3) is 0.476. The summed E-state index contributed by atoms with van der Waals surface area (Å²) in [7, 11) is 1.72. The summed E-state index contributed by atoms with van der Waals surface area (Å²) in [5, 5.41) is 18.7. The molecule has 0 spiro atoms. The summed E-state index contributed by atoms with van der Waals surface area (Å²) >= 11 is 3.52. The van der Waals surface area contributed by atoms with E-state index in [1.807, 2.05) is 25.3 Å². The van der Waals surface area contributed by atoms with Gasteiger partial charge in [-0.2, -0.15) is 0 Å². The molecule has 0 aliphatic heterocycles. The van der Waals surface area contributed by atoms with Gasteiger partial charge in [0.2, 0.25) is 0 Å². The second-order valence-corrected chi connectivity index (χ2v) is 16.3. The molecular formula is C42H60N6O2S2. The number of hydrazine groups is 1. The Morgan fingerprint density at radius 1 is 1.21 bits per heavy atom. The van der Waals surface area contributed by atoms with E-state index in [0.717, 1.165) is 96.0 Å². The highest BCUT2D eigenvalue weighted by Crippen LogP contribution is 2.42. The van der Waals surface area contributed by atoms with Crippen LogP contribution in [0.4, 0.5) is 0 Å². The van der Waals surface area contributed by atoms with Gasteiger partial charge in [0.15, 0.2) is 0 Å². The topological polar surface area (TPSA) is 110 Å². The zero-order valence-corrected chi connectivity index (χ0v) is 33.8. The van der Waals surface area contributed by atoms with Crippen LogP contribution in [0.3, 0.4) is 0 Å². The molecule has 0 aliphatic carbocycles. The van der Waals surface area contributed by atoms with Crippen LogP contribution in [0.2, 0.25) is 0 Å². The highest BCUT2D eigenvalue weighted by molar-refractivity contribution is 7.99. The molecule has 0 fully saturated rings. The van der Waals surface area contributed by atoms with Crippen LogP contribution in [0.15, 0.2) is 79.0 Å². The number of thiazole rings is 1. The molecule has 0 aliphatic rings. The van der Waals surface area contributed by atoms with E-state index in [4.69, 9.17) is 20.5 Å². The Bertz CT molecular complexity index is 1790. The predicted octanol–water partition coefficient (Wildman–Crippen LogP) is 9.22. The van der Waals surface area contributed by atoms with E-state index >= 15 is 0 Å². The number of fused-ring (bicyclic) bond motifs is 1. The summed E-state index contributed by atoms with van der Waals surface area (Å²) in [6.45, 7) is 22.9. The summed E-state index contributed by atoms with van der Waals surface area (Å²) in [5.41, 5.74) is 12.2. The second-order valence-electron chi connectivity index (χ2n) is 14.4. The SMILES string of the molecule is C=CCCC(=C)NC(SC)C(Cc1nc(-c2ccc3c(c2)c(CC(C)(C)CO)c(-c2cccnc2C(C)OC)n3CC)cs1)C(=C)CCCCNN. The Morgan fingerprint density at radius 2 is 2.00 bits per heavy atom. The van der Waals surface area contributed by atoms with Crippen LogP contribution in [0.1, 0.15) is 82.2 Å². The van der Waals surface area contributed by atoms with Gasteiger partial charge < -0.3 is 19.7 Å². The van der Waals surface area contributed by atoms with Crippen LogP contribution < -0.4 is 16.6 Å². The number of hydrogen-bond donors (Lipinski definition) is 4. The molecule has 3 heterocycles. The summed E-state index contributed by atoms with van der Waals surface area (Å²) in [6, 6.07) is 10.9. The van der Waals surface area contributed by atoms with E-state index in [0.29, 0.717) is 6.42 Å². The number of allylic oxidation sites excluding steroid dienone is 2. The average molecular weight is 745 g/mol. The minimum Gasteiger partial charge on any atom is -0.396 e. The standard InChI is InChI=1S/C42H60N6O2S2/c1-10-12-17-29(4)46-41(51-9)33(28(3)16-13-14-22-45-43)24-38-47-36(26-52-38)31-19-20-37-34(23-31)35(25-42(6,7)27-49)40(48(37)11-2)32-18-15-21-44-39(32)30(5)50-8/h10,15,18-21,23,26,30,33,41,45-46,49H,1,3-4,11-14,16-17,22,24-25,27,43H2,2,5-9H3. The first-order chi connectivity index (χ1) is 25.0. The third-order valence-corrected chi connectivity index (χ3v) is 11.7. The van der Waals surface area contributed by atoms with Crippen molar-refractivity contribution in [2.45, 2.75) is 90.7 Å². The molecule has 282 valence electrons. The zero-order valence-electron chi connectivity index (χ0n) is 32.1. The Kier molecular flexibility index (Phi) is 15.7. The molecule has 0 saturated carbocycles. The van der Waals surface area contributed by atoms with Gasteiger partial charge >= 0.3 is 0 Å². The van der Waals surface area contributed by atoms with Crippen LogP contribution in [0, 0.1) is 11.3 Å². The molecule has 5 N–H and O–H groups in total. The molecule has 4 rings (SSSR count). The van der Waals surface area contributed by atoms with Crippen molar-refractivity contribution >= 4 is 34.0 Å². The maximum absolute atomic E-state index is 10.4. The van der Waals surface area contributed by atoms with Crippen molar-refractivity contribution in [3.05, 3.63) is 95.3 Å². The average Bonchev–Trinajstić information content (AvgIpc) is 3.75. The van der Waals surface area contributed by atoms with Crippen LogP contribution in [0.25, 0.3) is 33.4 Å². The fourth-order valence-corrected chi connectivity index (χ4v) is 8.58. The van der Waals surface area contributed by atoms with Crippen molar-refractivity contribution in [3.8, 4) is 22.5 Å². The summed E-state index contributed by atoms with van der Waals surface area (Å²) in [4.78, 5) is 10.0. The van der Waals surface area contributed by atoms with Crippen molar-refractivity contribution in [1.29, 1.82) is 0 Å². The van der Waals surface area contributed by atoms with Crippen molar-refractivity contribution in [3.63, 3.8) is 0 Å². The second kappa shape index (κ2) is 19.7. The van der Waals surface area contributed by atoms with Gasteiger partial charge in [0.05, 0.1) is 33.6 Å². The predicted molar refractivity (Wildman–Crippen MR) is 223 cm³/mol. The van der Waals surface area contributed by atoms with Crippen LogP contribution in [-0.2, 0) is 24.1 Å². The Morgan fingerprint density at radius 3 is 2.67 bits per heavy atom. The van der Waals surface area contributed by atoms with Gasteiger partial charge in [-0.25, -0.2) is 4.98 Å². The zero-order chi connectivity index (χ0) is 37.8. The first-order valence-corrected chi connectivity index (χ1v) is 20.6. The Hall–Kier alpha value is -3.25. The molecule has 3 atom stereocenters. The number of aliphatic hydroxyl groups excluding tert-OH is 1. The number of nitrogens with two attached hydrogens (primary N) is 1. The van der Waals surface area contributed by atoms with Crippen LogP contribution >= 0.6 is 23.1 Å². The quantitative estimate of drug-likeness (QED) is 0.0196. The number of hydrogen-bond acceptors (Lipinski definition) is 9. The van der Waals surface area contributed by atoms with Crippen molar-refractivity contribution < 1.29 is 9.84 Å². The largest absolute Gasteiger partial charge is 0.396 e. The maximum atomic E-state index is 10.4. The third kappa shape index (κ3) is 10.2. The number of pyridine rings is 1. The lowest BCUT2D eigenvalue weighted by Gasteiger charge is -2.29. The number of aromatic nitrogens is 3. The number of rotatable bonds is 23. The van der Waals surface area contributed by atoms with E-state index in [1.54, 1.807) is 30.2 Å². The summed E-state index contributed by atoms with van der Waals surface area (Å²) in [6.07, 6.45) is 12.0. The Balaban J connectivity index is 1.76. The third-order valence-electron chi connectivity index (χ3n) is 9.85. The first kappa shape index (κ1) is 41.5. The normalized spacial score (nSPS) is 13.6. The number of unbranched alkanes of at least 4 members (excludes halogenated alkanes) is 1. The van der Waals surface area contributed by atoms with Gasteiger partial charge in [-0.15, -0.1) is 29.7 Å². The van der Waals surface area contributed by atoms with E-state index in [-0.39, 0.29) is 29.4 Å². The molecular weight excluding hydrogens is 685 g/mol. The molecule has 4 aromatic rings. The molecule has 0 bridgehead atoms. The van der Waals surface area contributed by atoms with Crippen molar-refractivity contribution in [2.75, 3.05) is 26.5 Å². The lowest BCUT2D eigenvalue weighted by Crippen LogP contribution is -2.35. The minimum atomic E-state index is -0.322.